The Hall–Kier alpha value is -1.63. The maximum absolute atomic E-state index is 11.9. The first-order valence-electron chi connectivity index (χ1n) is 5.65. The van der Waals surface area contributed by atoms with Gasteiger partial charge in [0.05, 0.1) is 19.3 Å². The van der Waals surface area contributed by atoms with E-state index >= 15 is 0 Å². The van der Waals surface area contributed by atoms with Crippen molar-refractivity contribution in [1.82, 2.24) is 25.0 Å². The van der Waals surface area contributed by atoms with E-state index in [1.54, 1.807) is 15.8 Å². The van der Waals surface area contributed by atoms with Crippen LogP contribution in [0, 0.1) is 0 Å². The Morgan fingerprint density at radius 2 is 2.24 bits per heavy atom. The van der Waals surface area contributed by atoms with Crippen LogP contribution in [0.5, 0.6) is 0 Å². The molecule has 1 aliphatic rings. The monoisotopic (exact) mass is 239 g/mol. The largest absolute Gasteiger partial charge is 0.378 e. The lowest BCUT2D eigenvalue weighted by Gasteiger charge is -2.28. The van der Waals surface area contributed by atoms with E-state index in [0.29, 0.717) is 26.3 Å². The normalized spacial score (nSPS) is 17.9. The Bertz CT molecular complexity index is 386. The van der Waals surface area contributed by atoms with Crippen LogP contribution in [0.25, 0.3) is 0 Å². The Labute approximate surface area is 99.8 Å². The van der Waals surface area contributed by atoms with E-state index in [4.69, 9.17) is 4.74 Å². The number of rotatable bonds is 2. The van der Waals surface area contributed by atoms with Crippen molar-refractivity contribution in [2.45, 2.75) is 13.0 Å². The number of aryl methyl sites for hydroxylation is 1. The van der Waals surface area contributed by atoms with Gasteiger partial charge in [0.15, 0.2) is 5.82 Å². The van der Waals surface area contributed by atoms with E-state index in [2.05, 4.69) is 15.5 Å². The van der Waals surface area contributed by atoms with Crippen molar-refractivity contribution >= 4 is 6.03 Å². The third-order valence-electron chi connectivity index (χ3n) is 2.77. The molecule has 1 aromatic rings. The number of hydrogen-bond donors (Lipinski definition) is 1. The predicted molar refractivity (Wildman–Crippen MR) is 60.3 cm³/mol. The molecule has 7 heteroatoms. The highest BCUT2D eigenvalue weighted by molar-refractivity contribution is 5.74. The quantitative estimate of drug-likeness (QED) is 0.783. The minimum Gasteiger partial charge on any atom is -0.378 e. The Kier molecular flexibility index (Phi) is 3.58. The third kappa shape index (κ3) is 2.73. The number of amides is 2. The zero-order chi connectivity index (χ0) is 12.3. The van der Waals surface area contributed by atoms with Gasteiger partial charge < -0.3 is 19.5 Å². The van der Waals surface area contributed by atoms with Gasteiger partial charge in [0, 0.05) is 20.1 Å². The SMILES string of the molecule is CC(NC(=O)N1CCOCC1)c1nncn1C. The molecule has 1 saturated heterocycles. The van der Waals surface area contributed by atoms with Crippen LogP contribution in [0.2, 0.25) is 0 Å². The van der Waals surface area contributed by atoms with Crippen LogP contribution < -0.4 is 5.32 Å². The molecule has 1 fully saturated rings. The molecular weight excluding hydrogens is 222 g/mol. The van der Waals surface area contributed by atoms with E-state index in [0.717, 1.165) is 5.82 Å². The molecule has 0 aliphatic carbocycles. The van der Waals surface area contributed by atoms with E-state index in [-0.39, 0.29) is 12.1 Å². The van der Waals surface area contributed by atoms with Crippen LogP contribution >= 0.6 is 0 Å². The fourth-order valence-electron chi connectivity index (χ4n) is 1.79. The Morgan fingerprint density at radius 1 is 1.53 bits per heavy atom. The van der Waals surface area contributed by atoms with Gasteiger partial charge >= 0.3 is 6.03 Å². The summed E-state index contributed by atoms with van der Waals surface area (Å²) in [4.78, 5) is 13.7. The van der Waals surface area contributed by atoms with Crippen molar-refractivity contribution in [1.29, 1.82) is 0 Å². The highest BCUT2D eigenvalue weighted by atomic mass is 16.5. The van der Waals surface area contributed by atoms with Crippen LogP contribution in [-0.2, 0) is 11.8 Å². The van der Waals surface area contributed by atoms with Gasteiger partial charge in [0.1, 0.15) is 6.33 Å². The summed E-state index contributed by atoms with van der Waals surface area (Å²) in [5, 5.41) is 10.7. The van der Waals surface area contributed by atoms with E-state index < -0.39 is 0 Å². The average Bonchev–Trinajstić information content (AvgIpc) is 2.76. The van der Waals surface area contributed by atoms with Gasteiger partial charge in [-0.2, -0.15) is 0 Å². The number of urea groups is 1. The lowest BCUT2D eigenvalue weighted by Crippen LogP contribution is -2.47. The number of morpholine rings is 1. The van der Waals surface area contributed by atoms with Crippen molar-refractivity contribution < 1.29 is 9.53 Å². The molecule has 2 amide bonds. The third-order valence-corrected chi connectivity index (χ3v) is 2.77. The van der Waals surface area contributed by atoms with Gasteiger partial charge in [0.25, 0.3) is 0 Å². The second-order valence-corrected chi connectivity index (χ2v) is 4.07. The first-order chi connectivity index (χ1) is 8.18. The second kappa shape index (κ2) is 5.13. The number of aromatic nitrogens is 3. The summed E-state index contributed by atoms with van der Waals surface area (Å²) < 4.78 is 6.99. The molecule has 1 atom stereocenters. The van der Waals surface area contributed by atoms with Gasteiger partial charge in [-0.3, -0.25) is 0 Å². The summed E-state index contributed by atoms with van der Waals surface area (Å²) in [6.45, 7) is 4.37. The highest BCUT2D eigenvalue weighted by Crippen LogP contribution is 2.08. The van der Waals surface area contributed by atoms with E-state index in [9.17, 15) is 4.79 Å². The Morgan fingerprint density at radius 3 is 2.82 bits per heavy atom. The maximum atomic E-state index is 11.9. The van der Waals surface area contributed by atoms with Crippen molar-refractivity contribution in [2.75, 3.05) is 26.3 Å². The molecule has 2 heterocycles. The maximum Gasteiger partial charge on any atom is 0.318 e. The summed E-state index contributed by atoms with van der Waals surface area (Å²) in [6.07, 6.45) is 1.62. The molecule has 0 radical (unpaired) electrons. The topological polar surface area (TPSA) is 72.3 Å². The molecule has 1 N–H and O–H groups in total. The van der Waals surface area contributed by atoms with Crippen LogP contribution in [0.4, 0.5) is 4.79 Å². The van der Waals surface area contributed by atoms with Crippen LogP contribution in [0.15, 0.2) is 6.33 Å². The van der Waals surface area contributed by atoms with Crippen molar-refractivity contribution in [3.63, 3.8) is 0 Å². The predicted octanol–water partition coefficient (Wildman–Crippen LogP) is -0.0821. The van der Waals surface area contributed by atoms with Crippen LogP contribution in [0.3, 0.4) is 0 Å². The summed E-state index contributed by atoms with van der Waals surface area (Å²) in [5.74, 6) is 0.742. The summed E-state index contributed by atoms with van der Waals surface area (Å²) in [5.41, 5.74) is 0. The highest BCUT2D eigenvalue weighted by Gasteiger charge is 2.20. The van der Waals surface area contributed by atoms with Crippen LogP contribution in [0.1, 0.15) is 18.8 Å². The molecule has 0 bridgehead atoms. The van der Waals surface area contributed by atoms with Gasteiger partial charge in [-0.15, -0.1) is 10.2 Å². The van der Waals surface area contributed by atoms with Gasteiger partial charge in [-0.25, -0.2) is 4.79 Å². The number of nitrogens with one attached hydrogen (secondary N) is 1. The molecule has 2 rings (SSSR count). The van der Waals surface area contributed by atoms with Crippen molar-refractivity contribution in [3.05, 3.63) is 12.2 Å². The molecule has 1 aliphatic heterocycles. The molecule has 7 nitrogen and oxygen atoms in total. The molecule has 0 saturated carbocycles. The molecule has 1 aromatic heterocycles. The number of nitrogens with zero attached hydrogens (tertiary/aromatic N) is 4. The minimum atomic E-state index is -0.155. The van der Waals surface area contributed by atoms with Gasteiger partial charge in [-0.1, -0.05) is 0 Å². The second-order valence-electron chi connectivity index (χ2n) is 4.07. The number of carbonyl (C=O) groups is 1. The lowest BCUT2D eigenvalue weighted by molar-refractivity contribution is 0.0525. The molecule has 94 valence electrons. The van der Waals surface area contributed by atoms with Gasteiger partial charge in [-0.05, 0) is 6.92 Å². The van der Waals surface area contributed by atoms with E-state index in [1.807, 2.05) is 14.0 Å². The van der Waals surface area contributed by atoms with E-state index in [1.165, 1.54) is 0 Å². The smallest absolute Gasteiger partial charge is 0.318 e. The fraction of sp³-hybridized carbons (Fsp3) is 0.700. The number of carbonyl (C=O) groups excluding carboxylic acids is 1. The Balaban J connectivity index is 1.92. The molecule has 0 spiro atoms. The molecular formula is C10H17N5O2. The average molecular weight is 239 g/mol. The number of hydrogen-bond acceptors (Lipinski definition) is 4. The standard InChI is InChI=1S/C10H17N5O2/c1-8(9-13-11-7-14(9)2)12-10(16)15-3-5-17-6-4-15/h7-8H,3-6H2,1-2H3,(H,12,16). The van der Waals surface area contributed by atoms with Crippen LogP contribution in [-0.4, -0.2) is 52.0 Å². The molecule has 17 heavy (non-hydrogen) atoms. The first-order valence-corrected chi connectivity index (χ1v) is 5.65. The zero-order valence-electron chi connectivity index (χ0n) is 10.1. The summed E-state index contributed by atoms with van der Waals surface area (Å²) in [6, 6.07) is -0.235. The molecule has 1 unspecified atom stereocenters. The number of ether oxygens (including phenoxy) is 1. The summed E-state index contributed by atoms with van der Waals surface area (Å²) >= 11 is 0. The summed E-state index contributed by atoms with van der Waals surface area (Å²) in [7, 11) is 1.85. The van der Waals surface area contributed by atoms with Crippen molar-refractivity contribution in [3.8, 4) is 0 Å². The lowest BCUT2D eigenvalue weighted by atomic mass is 10.3. The van der Waals surface area contributed by atoms with Gasteiger partial charge in [0.2, 0.25) is 0 Å². The molecule has 0 aromatic carbocycles. The first kappa shape index (κ1) is 11.8. The zero-order valence-corrected chi connectivity index (χ0v) is 10.1. The van der Waals surface area contributed by atoms with Crippen molar-refractivity contribution in [2.24, 2.45) is 7.05 Å². The fourth-order valence-corrected chi connectivity index (χ4v) is 1.79. The minimum absolute atomic E-state index is 0.0798.